The van der Waals surface area contributed by atoms with Gasteiger partial charge in [-0.1, -0.05) is 0 Å². The monoisotopic (exact) mass is 172 g/mol. The summed E-state index contributed by atoms with van der Waals surface area (Å²) in [5, 5.41) is 1.09. The topological polar surface area (TPSA) is 75.7 Å². The molecule has 0 aromatic heterocycles. The van der Waals surface area contributed by atoms with Gasteiger partial charge in [0, 0.05) is 0 Å². The van der Waals surface area contributed by atoms with Gasteiger partial charge in [-0.2, -0.15) is 0 Å². The Hall–Kier alpha value is -1.10. The van der Waals surface area contributed by atoms with Crippen molar-refractivity contribution in [2.24, 2.45) is 5.73 Å². The maximum Gasteiger partial charge on any atom is 0.468 e. The van der Waals surface area contributed by atoms with Gasteiger partial charge in [0.15, 0.2) is 0 Å². The number of rotatable bonds is 6. The molecule has 0 bridgehead atoms. The Morgan fingerprint density at radius 1 is 1.58 bits per heavy atom. The van der Waals surface area contributed by atoms with Crippen molar-refractivity contribution < 1.29 is 14.4 Å². The van der Waals surface area contributed by atoms with Crippen molar-refractivity contribution in [3.8, 4) is 0 Å². The summed E-state index contributed by atoms with van der Waals surface area (Å²) in [6, 6.07) is -0.413. The summed E-state index contributed by atoms with van der Waals surface area (Å²) >= 11 is 0. The summed E-state index contributed by atoms with van der Waals surface area (Å²) < 4.78 is 0. The molecule has 5 heteroatoms. The third kappa shape index (κ3) is 2.20. The molecule has 0 saturated carbocycles. The van der Waals surface area contributed by atoms with Crippen LogP contribution in [0.15, 0.2) is 0 Å². The van der Waals surface area contributed by atoms with Crippen molar-refractivity contribution in [3.63, 3.8) is 0 Å². The Bertz CT molecular complexity index is 183. The van der Waals surface area contributed by atoms with E-state index < -0.39 is 12.1 Å². The van der Waals surface area contributed by atoms with Crippen LogP contribution < -0.4 is 5.73 Å². The van der Waals surface area contributed by atoms with Gasteiger partial charge < -0.3 is 15.4 Å². The van der Waals surface area contributed by atoms with Crippen LogP contribution in [0.25, 0.3) is 0 Å². The second kappa shape index (κ2) is 4.06. The van der Waals surface area contributed by atoms with Crippen LogP contribution >= 0.6 is 0 Å². The SMILES string of the molecule is NCCCC[C@@H](C=O)N1OC1=O. The van der Waals surface area contributed by atoms with Gasteiger partial charge in [-0.15, -0.1) is 5.06 Å². The van der Waals surface area contributed by atoms with Crippen molar-refractivity contribution in [1.29, 1.82) is 0 Å². The quantitative estimate of drug-likeness (QED) is 0.349. The molecule has 0 spiro atoms. The number of nitrogens with two attached hydrogens (primary N) is 1. The number of hydroxylamine groups is 2. The Balaban J connectivity index is 2.17. The zero-order chi connectivity index (χ0) is 8.97. The number of carbonyl (C=O) groups is 2. The molecule has 1 aliphatic heterocycles. The van der Waals surface area contributed by atoms with Crippen molar-refractivity contribution in [2.75, 3.05) is 6.54 Å². The van der Waals surface area contributed by atoms with E-state index >= 15 is 0 Å². The third-order valence-electron chi connectivity index (χ3n) is 1.74. The second-order valence-corrected chi connectivity index (χ2v) is 2.67. The van der Waals surface area contributed by atoms with E-state index in [1.165, 1.54) is 0 Å². The zero-order valence-corrected chi connectivity index (χ0v) is 6.73. The predicted octanol–water partition coefficient (Wildman–Crippen LogP) is 0.0501. The highest BCUT2D eigenvalue weighted by Gasteiger charge is 2.40. The molecule has 1 fully saturated rings. The first-order valence-electron chi connectivity index (χ1n) is 3.96. The molecule has 1 atom stereocenters. The molecule has 2 N–H and O–H groups in total. The molecule has 1 heterocycles. The largest absolute Gasteiger partial charge is 0.468 e. The first-order valence-corrected chi connectivity index (χ1v) is 3.96. The lowest BCUT2D eigenvalue weighted by atomic mass is 10.1. The lowest BCUT2D eigenvalue weighted by Gasteiger charge is -2.04. The average Bonchev–Trinajstić information content (AvgIpc) is 2.77. The molecule has 0 unspecified atom stereocenters. The summed E-state index contributed by atoms with van der Waals surface area (Å²) in [6.07, 6.45) is 2.65. The standard InChI is InChI=1S/C7H12N2O3/c8-4-2-1-3-6(5-10)9-7(11)12-9/h5-6H,1-4,8H2/t6-,9?/m0/s1. The summed E-state index contributed by atoms with van der Waals surface area (Å²) in [5.74, 6) is 0. The number of aldehydes is 1. The van der Waals surface area contributed by atoms with E-state index in [1.54, 1.807) is 0 Å². The molecule has 68 valence electrons. The molecule has 0 aromatic rings. The first kappa shape index (κ1) is 8.99. The average molecular weight is 172 g/mol. The van der Waals surface area contributed by atoms with E-state index in [-0.39, 0.29) is 0 Å². The predicted molar refractivity (Wildman–Crippen MR) is 41.1 cm³/mol. The minimum Gasteiger partial charge on any atom is -0.330 e. The van der Waals surface area contributed by atoms with Gasteiger partial charge in [-0.25, -0.2) is 4.79 Å². The van der Waals surface area contributed by atoms with Gasteiger partial charge >= 0.3 is 6.09 Å². The van der Waals surface area contributed by atoms with E-state index in [0.717, 1.165) is 24.2 Å². The van der Waals surface area contributed by atoms with Gasteiger partial charge in [-0.3, -0.25) is 0 Å². The Morgan fingerprint density at radius 3 is 2.67 bits per heavy atom. The molecule has 0 aromatic carbocycles. The van der Waals surface area contributed by atoms with E-state index in [1.807, 2.05) is 0 Å². The molecule has 5 nitrogen and oxygen atoms in total. The molecular weight excluding hydrogens is 160 g/mol. The number of hydrogen-bond acceptors (Lipinski definition) is 4. The van der Waals surface area contributed by atoms with E-state index in [0.29, 0.717) is 13.0 Å². The van der Waals surface area contributed by atoms with Gasteiger partial charge in [0.2, 0.25) is 0 Å². The zero-order valence-electron chi connectivity index (χ0n) is 6.73. The lowest BCUT2D eigenvalue weighted by molar-refractivity contribution is -0.112. The van der Waals surface area contributed by atoms with E-state index in [2.05, 4.69) is 4.84 Å². The van der Waals surface area contributed by atoms with Crippen molar-refractivity contribution in [1.82, 2.24) is 5.06 Å². The Morgan fingerprint density at radius 2 is 2.25 bits per heavy atom. The molecule has 1 rings (SSSR count). The van der Waals surface area contributed by atoms with Crippen LogP contribution in [0.5, 0.6) is 0 Å². The molecule has 0 radical (unpaired) electrons. The lowest BCUT2D eigenvalue weighted by Crippen LogP contribution is -2.20. The third-order valence-corrected chi connectivity index (χ3v) is 1.74. The van der Waals surface area contributed by atoms with Crippen LogP contribution in [-0.2, 0) is 9.63 Å². The first-order chi connectivity index (χ1) is 5.79. The molecule has 1 amide bonds. The fourth-order valence-electron chi connectivity index (χ4n) is 1.01. The van der Waals surface area contributed by atoms with Crippen molar-refractivity contribution in [2.45, 2.75) is 25.3 Å². The van der Waals surface area contributed by atoms with Crippen LogP contribution in [-0.4, -0.2) is 30.0 Å². The van der Waals surface area contributed by atoms with Gasteiger partial charge in [-0.05, 0) is 25.8 Å². The summed E-state index contributed by atoms with van der Waals surface area (Å²) in [6.45, 7) is 0.611. The maximum absolute atomic E-state index is 10.4. The number of amides is 1. The van der Waals surface area contributed by atoms with Crippen LogP contribution in [0.4, 0.5) is 4.79 Å². The van der Waals surface area contributed by atoms with Gasteiger partial charge in [0.25, 0.3) is 0 Å². The minimum atomic E-state index is -0.417. The fraction of sp³-hybridized carbons (Fsp3) is 0.714. The number of nitrogens with zero attached hydrogens (tertiary/aromatic N) is 1. The fourth-order valence-corrected chi connectivity index (χ4v) is 1.01. The van der Waals surface area contributed by atoms with Crippen LogP contribution in [0.3, 0.4) is 0 Å². The van der Waals surface area contributed by atoms with Gasteiger partial charge in [0.05, 0.1) is 0 Å². The smallest absolute Gasteiger partial charge is 0.330 e. The Kier molecular flexibility index (Phi) is 3.04. The van der Waals surface area contributed by atoms with E-state index in [4.69, 9.17) is 5.73 Å². The highest BCUT2D eigenvalue weighted by molar-refractivity contribution is 5.80. The molecule has 1 saturated heterocycles. The summed E-state index contributed by atoms with van der Waals surface area (Å²) in [5.41, 5.74) is 5.28. The highest BCUT2D eigenvalue weighted by atomic mass is 16.9. The summed E-state index contributed by atoms with van der Waals surface area (Å²) in [4.78, 5) is 25.3. The Labute approximate surface area is 70.4 Å². The molecule has 1 aliphatic rings. The van der Waals surface area contributed by atoms with E-state index in [9.17, 15) is 9.59 Å². The number of hydrogen-bond donors (Lipinski definition) is 1. The summed E-state index contributed by atoms with van der Waals surface area (Å²) in [7, 11) is 0. The van der Waals surface area contributed by atoms with Crippen molar-refractivity contribution in [3.05, 3.63) is 0 Å². The molecule has 12 heavy (non-hydrogen) atoms. The second-order valence-electron chi connectivity index (χ2n) is 2.67. The molecule has 0 aliphatic carbocycles. The maximum atomic E-state index is 10.4. The van der Waals surface area contributed by atoms with Gasteiger partial charge in [0.1, 0.15) is 12.3 Å². The minimum absolute atomic E-state index is 0.413. The number of unbranched alkanes of at least 4 members (excludes halogenated alkanes) is 1. The van der Waals surface area contributed by atoms with Crippen LogP contribution in [0.1, 0.15) is 19.3 Å². The van der Waals surface area contributed by atoms with Crippen molar-refractivity contribution >= 4 is 12.4 Å². The van der Waals surface area contributed by atoms with Crippen LogP contribution in [0.2, 0.25) is 0 Å². The number of carbonyl (C=O) groups excluding carboxylic acids is 2. The molecular formula is C7H12N2O3. The normalized spacial score (nSPS) is 17.1. The highest BCUT2D eigenvalue weighted by Crippen LogP contribution is 2.19. The van der Waals surface area contributed by atoms with Crippen LogP contribution in [0, 0.1) is 0 Å².